The zero-order chi connectivity index (χ0) is 12.1. The van der Waals surface area contributed by atoms with Crippen LogP contribution < -0.4 is 4.74 Å². The van der Waals surface area contributed by atoms with Crippen LogP contribution in [0.1, 0.15) is 6.42 Å². The van der Waals surface area contributed by atoms with E-state index in [4.69, 9.17) is 5.26 Å². The summed E-state index contributed by atoms with van der Waals surface area (Å²) in [5.74, 6) is -0.999. The third-order valence-electron chi connectivity index (χ3n) is 1.56. The number of carbonyl (C=O) groups excluding carboxylic acids is 1. The molecule has 0 saturated heterocycles. The number of hydrogen-bond donors (Lipinski definition) is 0. The van der Waals surface area contributed by atoms with Gasteiger partial charge in [0, 0.05) is 10.5 Å². The maximum absolute atomic E-state index is 11.0. The topological polar surface area (TPSA) is 93.2 Å². The highest BCUT2D eigenvalue weighted by atomic mass is 79.9. The van der Waals surface area contributed by atoms with Gasteiger partial charge < -0.3 is 4.74 Å². The van der Waals surface area contributed by atoms with E-state index in [0.717, 1.165) is 0 Å². The van der Waals surface area contributed by atoms with Crippen molar-refractivity contribution in [2.75, 3.05) is 0 Å². The molecule has 0 bridgehead atoms. The molecule has 0 heterocycles. The van der Waals surface area contributed by atoms with Crippen molar-refractivity contribution in [1.29, 1.82) is 5.26 Å². The van der Waals surface area contributed by atoms with E-state index in [1.54, 1.807) is 6.07 Å². The molecule has 7 heteroatoms. The lowest BCUT2D eigenvalue weighted by Gasteiger charge is -2.02. The Morgan fingerprint density at radius 3 is 2.88 bits per heavy atom. The lowest BCUT2D eigenvalue weighted by atomic mass is 10.3. The number of ether oxygens (including phenoxy) is 1. The molecule has 6 nitrogen and oxygen atoms in total. The minimum Gasteiger partial charge on any atom is -0.418 e. The van der Waals surface area contributed by atoms with Crippen LogP contribution in [0.5, 0.6) is 5.75 Å². The zero-order valence-corrected chi connectivity index (χ0v) is 9.43. The van der Waals surface area contributed by atoms with E-state index >= 15 is 0 Å². The van der Waals surface area contributed by atoms with Crippen molar-refractivity contribution >= 4 is 27.6 Å². The van der Waals surface area contributed by atoms with E-state index in [2.05, 4.69) is 20.7 Å². The molecule has 82 valence electrons. The van der Waals surface area contributed by atoms with Crippen LogP contribution in [0, 0.1) is 21.4 Å². The quantitative estimate of drug-likeness (QED) is 0.367. The summed E-state index contributed by atoms with van der Waals surface area (Å²) in [4.78, 5) is 21.0. The summed E-state index contributed by atoms with van der Waals surface area (Å²) < 4.78 is 5.18. The molecule has 1 aromatic carbocycles. The lowest BCUT2D eigenvalue weighted by molar-refractivity contribution is -0.385. The Hall–Kier alpha value is -1.94. The van der Waals surface area contributed by atoms with Gasteiger partial charge in [-0.2, -0.15) is 5.26 Å². The molecule has 16 heavy (non-hydrogen) atoms. The van der Waals surface area contributed by atoms with Crippen LogP contribution in [-0.4, -0.2) is 10.9 Å². The normalized spacial score (nSPS) is 9.25. The summed E-state index contributed by atoms with van der Waals surface area (Å²) >= 11 is 3.06. The molecule has 0 atom stereocenters. The van der Waals surface area contributed by atoms with Gasteiger partial charge in [0.15, 0.2) is 0 Å². The van der Waals surface area contributed by atoms with E-state index < -0.39 is 17.3 Å². The van der Waals surface area contributed by atoms with Gasteiger partial charge in [0.2, 0.25) is 5.75 Å². The fourth-order valence-corrected chi connectivity index (χ4v) is 1.29. The van der Waals surface area contributed by atoms with E-state index in [9.17, 15) is 14.9 Å². The highest BCUT2D eigenvalue weighted by molar-refractivity contribution is 9.10. The number of nitro groups is 1. The molecule has 0 amide bonds. The minimum atomic E-state index is -0.826. The highest BCUT2D eigenvalue weighted by Gasteiger charge is 2.18. The van der Waals surface area contributed by atoms with Gasteiger partial charge in [-0.15, -0.1) is 0 Å². The number of hydrogen-bond acceptors (Lipinski definition) is 5. The summed E-state index contributed by atoms with van der Waals surface area (Å²) in [7, 11) is 0. The van der Waals surface area contributed by atoms with Crippen LogP contribution in [0.15, 0.2) is 22.7 Å². The van der Waals surface area contributed by atoms with E-state index in [1.807, 2.05) is 0 Å². The fraction of sp³-hybridized carbons (Fsp3) is 0.111. The predicted octanol–water partition coefficient (Wildman–Crippen LogP) is 2.18. The van der Waals surface area contributed by atoms with Gasteiger partial charge in [-0.05, 0) is 12.1 Å². The maximum Gasteiger partial charge on any atom is 0.325 e. The van der Waals surface area contributed by atoms with Crippen LogP contribution in [0.3, 0.4) is 0 Å². The largest absolute Gasteiger partial charge is 0.418 e. The number of halogens is 1. The number of nitro benzene ring substituents is 1. The van der Waals surface area contributed by atoms with Crippen molar-refractivity contribution in [3.05, 3.63) is 32.8 Å². The number of nitrogens with zero attached hydrogens (tertiary/aromatic N) is 2. The summed E-state index contributed by atoms with van der Waals surface area (Å²) in [5.41, 5.74) is -0.333. The molecule has 0 N–H and O–H groups in total. The van der Waals surface area contributed by atoms with E-state index in [0.29, 0.717) is 4.47 Å². The molecule has 0 aliphatic heterocycles. The number of benzene rings is 1. The monoisotopic (exact) mass is 284 g/mol. The van der Waals surface area contributed by atoms with Crippen molar-refractivity contribution in [2.24, 2.45) is 0 Å². The van der Waals surface area contributed by atoms with Crippen molar-refractivity contribution in [3.8, 4) is 11.8 Å². The standard InChI is InChI=1S/C9H5BrN2O4/c10-6-1-2-8(7(5-6)12(14)15)16-9(13)3-4-11/h1-2,5H,3H2. The van der Waals surface area contributed by atoms with Gasteiger partial charge in [-0.1, -0.05) is 15.9 Å². The van der Waals surface area contributed by atoms with Crippen LogP contribution in [0.25, 0.3) is 0 Å². The van der Waals surface area contributed by atoms with Crippen LogP contribution in [0.4, 0.5) is 5.69 Å². The van der Waals surface area contributed by atoms with Gasteiger partial charge in [-0.3, -0.25) is 14.9 Å². The third kappa shape index (κ3) is 3.03. The first-order valence-electron chi connectivity index (χ1n) is 4.06. The SMILES string of the molecule is N#CCC(=O)Oc1ccc(Br)cc1[N+](=O)[O-]. The number of carbonyl (C=O) groups is 1. The van der Waals surface area contributed by atoms with Crippen molar-refractivity contribution in [3.63, 3.8) is 0 Å². The molecule has 0 aliphatic rings. The average molecular weight is 285 g/mol. The Bertz CT molecular complexity index is 481. The first-order chi connectivity index (χ1) is 7.54. The molecule has 0 aromatic heterocycles. The molecule has 1 aromatic rings. The van der Waals surface area contributed by atoms with Gasteiger partial charge >= 0.3 is 11.7 Å². The average Bonchev–Trinajstić information content (AvgIpc) is 2.20. The van der Waals surface area contributed by atoms with Crippen LogP contribution in [0.2, 0.25) is 0 Å². The van der Waals surface area contributed by atoms with Crippen LogP contribution >= 0.6 is 15.9 Å². The Kier molecular flexibility index (Phi) is 3.96. The lowest BCUT2D eigenvalue weighted by Crippen LogP contribution is -2.07. The summed E-state index contributed by atoms with van der Waals surface area (Å²) in [6.07, 6.45) is -0.451. The first-order valence-corrected chi connectivity index (χ1v) is 4.85. The second-order valence-corrected chi connectivity index (χ2v) is 3.59. The first kappa shape index (κ1) is 12.1. The third-order valence-corrected chi connectivity index (χ3v) is 2.06. The van der Waals surface area contributed by atoms with Gasteiger partial charge in [-0.25, -0.2) is 0 Å². The Morgan fingerprint density at radius 2 is 2.31 bits per heavy atom. The fourth-order valence-electron chi connectivity index (χ4n) is 0.943. The Balaban J connectivity index is 3.00. The smallest absolute Gasteiger partial charge is 0.325 e. The molecule has 0 unspecified atom stereocenters. The number of nitriles is 1. The summed E-state index contributed by atoms with van der Waals surface area (Å²) in [6, 6.07) is 5.60. The number of rotatable bonds is 3. The molecule has 0 spiro atoms. The van der Waals surface area contributed by atoms with Gasteiger partial charge in [0.25, 0.3) is 0 Å². The van der Waals surface area contributed by atoms with Gasteiger partial charge in [0.1, 0.15) is 6.42 Å². The molecule has 0 aliphatic carbocycles. The van der Waals surface area contributed by atoms with E-state index in [-0.39, 0.29) is 11.4 Å². The number of esters is 1. The van der Waals surface area contributed by atoms with E-state index in [1.165, 1.54) is 18.2 Å². The van der Waals surface area contributed by atoms with Crippen molar-refractivity contribution in [1.82, 2.24) is 0 Å². The molecule has 0 fully saturated rings. The Morgan fingerprint density at radius 1 is 1.62 bits per heavy atom. The molecule has 0 radical (unpaired) electrons. The van der Waals surface area contributed by atoms with Crippen LogP contribution in [-0.2, 0) is 4.79 Å². The summed E-state index contributed by atoms with van der Waals surface area (Å²) in [6.45, 7) is 0. The van der Waals surface area contributed by atoms with Crippen molar-refractivity contribution < 1.29 is 14.5 Å². The second-order valence-electron chi connectivity index (χ2n) is 2.68. The summed E-state index contributed by atoms with van der Waals surface area (Å²) in [5, 5.41) is 18.9. The Labute approximate surface area is 98.7 Å². The molecule has 1 rings (SSSR count). The molecular weight excluding hydrogens is 280 g/mol. The van der Waals surface area contributed by atoms with Crippen molar-refractivity contribution in [2.45, 2.75) is 6.42 Å². The maximum atomic E-state index is 11.0. The minimum absolute atomic E-state index is 0.173. The predicted molar refractivity (Wildman–Crippen MR) is 56.7 cm³/mol. The molecular formula is C9H5BrN2O4. The molecule has 0 saturated carbocycles. The second kappa shape index (κ2) is 5.23. The highest BCUT2D eigenvalue weighted by Crippen LogP contribution is 2.30. The van der Waals surface area contributed by atoms with Gasteiger partial charge in [0.05, 0.1) is 11.0 Å². The zero-order valence-electron chi connectivity index (χ0n) is 7.84.